The lowest BCUT2D eigenvalue weighted by molar-refractivity contribution is -0.139. The molecule has 0 aromatic heterocycles. The molecule has 2 amide bonds. The van der Waals surface area contributed by atoms with Gasteiger partial charge in [0.05, 0.1) is 0 Å². The van der Waals surface area contributed by atoms with E-state index in [1.165, 1.54) is 0 Å². The zero-order valence-corrected chi connectivity index (χ0v) is 9.12. The van der Waals surface area contributed by atoms with Gasteiger partial charge < -0.3 is 15.7 Å². The first-order valence-corrected chi connectivity index (χ1v) is 5.29. The van der Waals surface area contributed by atoms with Gasteiger partial charge >= 0.3 is 12.0 Å². The third-order valence-electron chi connectivity index (χ3n) is 2.22. The average molecular weight is 214 g/mol. The maximum Gasteiger partial charge on any atom is 0.326 e. The molecular formula is C10H18N2O3. The smallest absolute Gasteiger partial charge is 0.326 e. The van der Waals surface area contributed by atoms with Gasteiger partial charge in [-0.3, -0.25) is 0 Å². The molecule has 5 nitrogen and oxygen atoms in total. The molecule has 0 unspecified atom stereocenters. The van der Waals surface area contributed by atoms with Crippen LogP contribution in [-0.2, 0) is 4.79 Å². The van der Waals surface area contributed by atoms with E-state index in [-0.39, 0.29) is 18.0 Å². The minimum atomic E-state index is -0.977. The van der Waals surface area contributed by atoms with Gasteiger partial charge in [-0.15, -0.1) is 0 Å². The van der Waals surface area contributed by atoms with Gasteiger partial charge in [0, 0.05) is 6.04 Å². The van der Waals surface area contributed by atoms with Gasteiger partial charge in [0.2, 0.25) is 0 Å². The van der Waals surface area contributed by atoms with Gasteiger partial charge in [-0.1, -0.05) is 13.8 Å². The highest BCUT2D eigenvalue weighted by atomic mass is 16.4. The van der Waals surface area contributed by atoms with Crippen molar-refractivity contribution < 1.29 is 14.7 Å². The molecule has 0 radical (unpaired) electrons. The molecule has 1 aliphatic carbocycles. The summed E-state index contributed by atoms with van der Waals surface area (Å²) >= 11 is 0. The number of carboxylic acid groups (broad SMARTS) is 1. The van der Waals surface area contributed by atoms with Crippen LogP contribution in [0.1, 0.15) is 33.1 Å². The van der Waals surface area contributed by atoms with Crippen molar-refractivity contribution in [1.82, 2.24) is 10.6 Å². The van der Waals surface area contributed by atoms with Gasteiger partial charge in [-0.05, 0) is 25.2 Å². The van der Waals surface area contributed by atoms with Crippen molar-refractivity contribution in [3.63, 3.8) is 0 Å². The lowest BCUT2D eigenvalue weighted by atomic mass is 10.0. The van der Waals surface area contributed by atoms with Crippen LogP contribution in [0.25, 0.3) is 0 Å². The van der Waals surface area contributed by atoms with E-state index < -0.39 is 12.0 Å². The number of nitrogens with one attached hydrogen (secondary N) is 2. The first-order valence-electron chi connectivity index (χ1n) is 5.29. The van der Waals surface area contributed by atoms with Crippen LogP contribution >= 0.6 is 0 Å². The SMILES string of the molecule is CC(C)C[C@H](NC(=O)NC1CC1)C(=O)O. The van der Waals surface area contributed by atoms with Crippen LogP contribution < -0.4 is 10.6 Å². The van der Waals surface area contributed by atoms with Crippen LogP contribution in [0.15, 0.2) is 0 Å². The number of amides is 2. The summed E-state index contributed by atoms with van der Waals surface area (Å²) in [5.74, 6) is -0.734. The fourth-order valence-electron chi connectivity index (χ4n) is 1.31. The summed E-state index contributed by atoms with van der Waals surface area (Å²) in [6.45, 7) is 3.85. The first-order chi connectivity index (χ1) is 6.99. The first kappa shape index (κ1) is 11.8. The lowest BCUT2D eigenvalue weighted by Crippen LogP contribution is -2.47. The Bertz CT molecular complexity index is 249. The number of rotatable bonds is 5. The lowest BCUT2D eigenvalue weighted by Gasteiger charge is -2.16. The maximum absolute atomic E-state index is 11.3. The van der Waals surface area contributed by atoms with Crippen LogP contribution in [-0.4, -0.2) is 29.2 Å². The standard InChI is InChI=1S/C10H18N2O3/c1-6(2)5-8(9(13)14)12-10(15)11-7-3-4-7/h6-8H,3-5H2,1-2H3,(H,13,14)(H2,11,12,15)/t8-/m0/s1. The van der Waals surface area contributed by atoms with E-state index in [1.807, 2.05) is 13.8 Å². The predicted octanol–water partition coefficient (Wildman–Crippen LogP) is 0.947. The van der Waals surface area contributed by atoms with Crippen molar-refractivity contribution in [2.24, 2.45) is 5.92 Å². The van der Waals surface area contributed by atoms with Crippen LogP contribution in [0.2, 0.25) is 0 Å². The van der Waals surface area contributed by atoms with Gasteiger partial charge in [0.25, 0.3) is 0 Å². The van der Waals surface area contributed by atoms with Crippen LogP contribution in [0.3, 0.4) is 0 Å². The fourth-order valence-corrected chi connectivity index (χ4v) is 1.31. The molecule has 0 spiro atoms. The summed E-state index contributed by atoms with van der Waals surface area (Å²) < 4.78 is 0. The number of hydrogen-bond acceptors (Lipinski definition) is 2. The zero-order valence-electron chi connectivity index (χ0n) is 9.12. The Balaban J connectivity index is 2.34. The molecule has 0 heterocycles. The Morgan fingerprint density at radius 1 is 1.40 bits per heavy atom. The summed E-state index contributed by atoms with van der Waals surface area (Å²) in [5, 5.41) is 14.0. The molecule has 5 heteroatoms. The minimum absolute atomic E-state index is 0.243. The Kier molecular flexibility index (Phi) is 3.94. The van der Waals surface area contributed by atoms with Gasteiger partial charge in [-0.25, -0.2) is 9.59 Å². The molecule has 0 aliphatic heterocycles. The molecule has 15 heavy (non-hydrogen) atoms. The summed E-state index contributed by atoms with van der Waals surface area (Å²) in [6.07, 6.45) is 2.44. The second kappa shape index (κ2) is 5.00. The van der Waals surface area contributed by atoms with Crippen molar-refractivity contribution in [3.05, 3.63) is 0 Å². The topological polar surface area (TPSA) is 78.4 Å². The fraction of sp³-hybridized carbons (Fsp3) is 0.800. The molecule has 0 aromatic carbocycles. The van der Waals surface area contributed by atoms with Crippen molar-refractivity contribution in [1.29, 1.82) is 0 Å². The molecule has 1 atom stereocenters. The molecule has 1 saturated carbocycles. The molecule has 0 saturated heterocycles. The van der Waals surface area contributed by atoms with E-state index in [2.05, 4.69) is 10.6 Å². The molecule has 86 valence electrons. The normalized spacial score (nSPS) is 17.3. The molecule has 1 rings (SSSR count). The van der Waals surface area contributed by atoms with Gasteiger partial charge in [0.1, 0.15) is 6.04 Å². The quantitative estimate of drug-likeness (QED) is 0.637. The third-order valence-corrected chi connectivity index (χ3v) is 2.22. The Morgan fingerprint density at radius 3 is 2.40 bits per heavy atom. The minimum Gasteiger partial charge on any atom is -0.480 e. The number of hydrogen-bond donors (Lipinski definition) is 3. The van der Waals surface area contributed by atoms with E-state index in [0.29, 0.717) is 6.42 Å². The summed E-state index contributed by atoms with van der Waals surface area (Å²) in [4.78, 5) is 22.1. The van der Waals surface area contributed by atoms with E-state index in [4.69, 9.17) is 5.11 Å². The van der Waals surface area contributed by atoms with Crippen LogP contribution in [0, 0.1) is 5.92 Å². The number of aliphatic carboxylic acids is 1. The van der Waals surface area contributed by atoms with Crippen molar-refractivity contribution in [2.75, 3.05) is 0 Å². The molecule has 0 aromatic rings. The highest BCUT2D eigenvalue weighted by molar-refractivity contribution is 5.82. The number of carboxylic acids is 1. The Labute approximate surface area is 89.2 Å². The highest BCUT2D eigenvalue weighted by Gasteiger charge is 2.26. The second-order valence-corrected chi connectivity index (χ2v) is 4.41. The zero-order chi connectivity index (χ0) is 11.4. The van der Waals surface area contributed by atoms with Crippen LogP contribution in [0.4, 0.5) is 4.79 Å². The Hall–Kier alpha value is -1.26. The van der Waals surface area contributed by atoms with E-state index >= 15 is 0 Å². The van der Waals surface area contributed by atoms with E-state index in [0.717, 1.165) is 12.8 Å². The van der Waals surface area contributed by atoms with E-state index in [1.54, 1.807) is 0 Å². The number of carbonyl (C=O) groups excluding carboxylic acids is 1. The molecular weight excluding hydrogens is 196 g/mol. The summed E-state index contributed by atoms with van der Waals surface area (Å²) in [6, 6.07) is -0.909. The second-order valence-electron chi connectivity index (χ2n) is 4.41. The molecule has 1 fully saturated rings. The summed E-state index contributed by atoms with van der Waals surface area (Å²) in [5.41, 5.74) is 0. The highest BCUT2D eigenvalue weighted by Crippen LogP contribution is 2.18. The van der Waals surface area contributed by atoms with Crippen molar-refractivity contribution >= 4 is 12.0 Å². The number of urea groups is 1. The molecule has 3 N–H and O–H groups in total. The average Bonchev–Trinajstić information content (AvgIpc) is 2.85. The van der Waals surface area contributed by atoms with Gasteiger partial charge in [0.15, 0.2) is 0 Å². The largest absolute Gasteiger partial charge is 0.480 e. The predicted molar refractivity (Wildman–Crippen MR) is 55.6 cm³/mol. The van der Waals surface area contributed by atoms with E-state index in [9.17, 15) is 9.59 Å². The Morgan fingerprint density at radius 2 is 2.00 bits per heavy atom. The van der Waals surface area contributed by atoms with Crippen LogP contribution in [0.5, 0.6) is 0 Å². The van der Waals surface area contributed by atoms with Crippen molar-refractivity contribution in [3.8, 4) is 0 Å². The maximum atomic E-state index is 11.3. The summed E-state index contributed by atoms with van der Waals surface area (Å²) in [7, 11) is 0. The third kappa shape index (κ3) is 4.67. The number of carbonyl (C=O) groups is 2. The molecule has 0 bridgehead atoms. The van der Waals surface area contributed by atoms with Gasteiger partial charge in [-0.2, -0.15) is 0 Å². The monoisotopic (exact) mass is 214 g/mol. The van der Waals surface area contributed by atoms with Crippen molar-refractivity contribution in [2.45, 2.75) is 45.2 Å². The molecule has 1 aliphatic rings.